The van der Waals surface area contributed by atoms with Crippen LogP contribution in [0.15, 0.2) is 16.6 Å². The normalized spacial score (nSPS) is 13.0. The van der Waals surface area contributed by atoms with Crippen molar-refractivity contribution in [2.75, 3.05) is 12.5 Å². The molecule has 3 nitrogen and oxygen atoms in total. The zero-order chi connectivity index (χ0) is 13.0. The first-order valence-electron chi connectivity index (χ1n) is 5.97. The third-order valence-electron chi connectivity index (χ3n) is 2.84. The zero-order valence-corrected chi connectivity index (χ0v) is 12.3. The first kappa shape index (κ1) is 13.7. The van der Waals surface area contributed by atoms with E-state index in [1.807, 2.05) is 6.07 Å². The molecular weight excluding hydrogens is 318 g/mol. The van der Waals surface area contributed by atoms with Gasteiger partial charge >= 0.3 is 0 Å². The summed E-state index contributed by atoms with van der Waals surface area (Å²) in [4.78, 5) is 11.5. The van der Waals surface area contributed by atoms with Gasteiger partial charge in [-0.2, -0.15) is 0 Å². The summed E-state index contributed by atoms with van der Waals surface area (Å²) in [5.41, 5.74) is 2.23. The molecule has 2 rings (SSSR count). The van der Waals surface area contributed by atoms with Crippen molar-refractivity contribution in [3.8, 4) is 5.75 Å². The fraction of sp³-hybridized carbons (Fsp3) is 0.462. The lowest BCUT2D eigenvalue weighted by Gasteiger charge is -2.10. The van der Waals surface area contributed by atoms with Gasteiger partial charge in [0.15, 0.2) is 0 Å². The van der Waals surface area contributed by atoms with E-state index < -0.39 is 0 Å². The molecule has 1 heterocycles. The lowest BCUT2D eigenvalue weighted by molar-refractivity contribution is -0.121. The number of benzene rings is 1. The quantitative estimate of drug-likeness (QED) is 0.842. The molecule has 1 aromatic carbocycles. The predicted molar refractivity (Wildman–Crippen MR) is 75.1 cm³/mol. The summed E-state index contributed by atoms with van der Waals surface area (Å²) in [5.74, 6) is 1.47. The van der Waals surface area contributed by atoms with Gasteiger partial charge in [-0.15, -0.1) is 11.6 Å². The van der Waals surface area contributed by atoms with Gasteiger partial charge in [0.05, 0.1) is 6.61 Å². The number of ether oxygens (including phenoxy) is 1. The van der Waals surface area contributed by atoms with Crippen molar-refractivity contribution < 1.29 is 9.53 Å². The Bertz CT molecular complexity index is 451. The van der Waals surface area contributed by atoms with Crippen LogP contribution in [0, 0.1) is 0 Å². The topological polar surface area (TPSA) is 38.3 Å². The summed E-state index contributed by atoms with van der Waals surface area (Å²) >= 11 is 9.03. The monoisotopic (exact) mass is 331 g/mol. The van der Waals surface area contributed by atoms with Crippen LogP contribution in [0.1, 0.15) is 24.0 Å². The number of hydrogen-bond acceptors (Lipinski definition) is 2. The molecule has 1 aliphatic heterocycles. The van der Waals surface area contributed by atoms with Gasteiger partial charge in [0, 0.05) is 35.3 Å². The van der Waals surface area contributed by atoms with E-state index in [-0.39, 0.29) is 5.91 Å². The maximum Gasteiger partial charge on any atom is 0.220 e. The van der Waals surface area contributed by atoms with Crippen molar-refractivity contribution in [2.24, 2.45) is 0 Å². The lowest BCUT2D eigenvalue weighted by atomic mass is 10.1. The second kappa shape index (κ2) is 6.43. The highest BCUT2D eigenvalue weighted by molar-refractivity contribution is 9.10. The largest absolute Gasteiger partial charge is 0.493 e. The average molecular weight is 333 g/mol. The smallest absolute Gasteiger partial charge is 0.220 e. The number of hydrogen-bond donors (Lipinski definition) is 1. The molecule has 5 heteroatoms. The molecule has 0 unspecified atom stereocenters. The Morgan fingerprint density at radius 2 is 2.33 bits per heavy atom. The van der Waals surface area contributed by atoms with Gasteiger partial charge in [0.25, 0.3) is 0 Å². The number of carbonyl (C=O) groups is 1. The minimum absolute atomic E-state index is 0.0300. The van der Waals surface area contributed by atoms with Crippen molar-refractivity contribution in [3.63, 3.8) is 0 Å². The third-order valence-corrected chi connectivity index (χ3v) is 3.56. The summed E-state index contributed by atoms with van der Waals surface area (Å²) < 4.78 is 6.63. The molecule has 0 saturated heterocycles. The van der Waals surface area contributed by atoms with Crippen LogP contribution in [-0.2, 0) is 17.8 Å². The first-order chi connectivity index (χ1) is 8.70. The average Bonchev–Trinajstić information content (AvgIpc) is 2.81. The number of nitrogens with one attached hydrogen (secondary N) is 1. The van der Waals surface area contributed by atoms with E-state index in [0.29, 0.717) is 25.3 Å². The van der Waals surface area contributed by atoms with E-state index in [0.717, 1.165) is 28.8 Å². The van der Waals surface area contributed by atoms with Crippen molar-refractivity contribution in [1.82, 2.24) is 5.32 Å². The molecular formula is C13H15BrClNO2. The molecule has 0 saturated carbocycles. The molecule has 0 radical (unpaired) electrons. The molecule has 0 aliphatic carbocycles. The SMILES string of the molecule is O=C(CCCCl)NCc1cc(Br)cc2c1OCC2. The Hall–Kier alpha value is -0.740. The zero-order valence-electron chi connectivity index (χ0n) is 9.97. The Kier molecular flexibility index (Phi) is 4.89. The second-order valence-corrected chi connectivity index (χ2v) is 5.51. The third kappa shape index (κ3) is 3.39. The molecule has 0 fully saturated rings. The van der Waals surface area contributed by atoms with E-state index >= 15 is 0 Å². The highest BCUT2D eigenvalue weighted by Gasteiger charge is 2.17. The highest BCUT2D eigenvalue weighted by atomic mass is 79.9. The number of alkyl halides is 1. The van der Waals surface area contributed by atoms with Crippen LogP contribution in [0.4, 0.5) is 0 Å². The van der Waals surface area contributed by atoms with Gasteiger partial charge in [0.1, 0.15) is 5.75 Å². The van der Waals surface area contributed by atoms with E-state index in [1.54, 1.807) is 0 Å². The number of amides is 1. The van der Waals surface area contributed by atoms with Crippen LogP contribution in [0.2, 0.25) is 0 Å². The van der Waals surface area contributed by atoms with Crippen molar-refractivity contribution in [2.45, 2.75) is 25.8 Å². The van der Waals surface area contributed by atoms with Crippen molar-refractivity contribution in [1.29, 1.82) is 0 Å². The summed E-state index contributed by atoms with van der Waals surface area (Å²) in [6.45, 7) is 1.22. The summed E-state index contributed by atoms with van der Waals surface area (Å²) in [6.07, 6.45) is 2.11. The minimum atomic E-state index is 0.0300. The van der Waals surface area contributed by atoms with Crippen LogP contribution >= 0.6 is 27.5 Å². The van der Waals surface area contributed by atoms with E-state index in [9.17, 15) is 4.79 Å². The van der Waals surface area contributed by atoms with Gasteiger partial charge in [0.2, 0.25) is 5.91 Å². The molecule has 98 valence electrons. The predicted octanol–water partition coefficient (Wildman–Crippen LogP) is 3.02. The Labute approximate surface area is 120 Å². The van der Waals surface area contributed by atoms with Gasteiger partial charge in [-0.1, -0.05) is 15.9 Å². The molecule has 18 heavy (non-hydrogen) atoms. The number of carbonyl (C=O) groups excluding carboxylic acids is 1. The number of halogens is 2. The first-order valence-corrected chi connectivity index (χ1v) is 7.30. The molecule has 0 aromatic heterocycles. The van der Waals surface area contributed by atoms with Crippen LogP contribution in [-0.4, -0.2) is 18.4 Å². The van der Waals surface area contributed by atoms with Gasteiger partial charge in [-0.3, -0.25) is 4.79 Å². The van der Waals surface area contributed by atoms with Crippen LogP contribution < -0.4 is 10.1 Å². The maximum absolute atomic E-state index is 11.5. The summed E-state index contributed by atoms with van der Waals surface area (Å²) in [7, 11) is 0. The Balaban J connectivity index is 1.99. The second-order valence-electron chi connectivity index (χ2n) is 4.22. The highest BCUT2D eigenvalue weighted by Crippen LogP contribution is 2.32. The molecule has 1 aromatic rings. The number of fused-ring (bicyclic) bond motifs is 1. The van der Waals surface area contributed by atoms with E-state index in [2.05, 4.69) is 27.3 Å². The van der Waals surface area contributed by atoms with Gasteiger partial charge in [-0.25, -0.2) is 0 Å². The summed E-state index contributed by atoms with van der Waals surface area (Å²) in [6, 6.07) is 4.06. The maximum atomic E-state index is 11.5. The lowest BCUT2D eigenvalue weighted by Crippen LogP contribution is -2.22. The molecule has 0 bridgehead atoms. The Morgan fingerprint density at radius 3 is 3.11 bits per heavy atom. The Morgan fingerprint density at radius 1 is 1.50 bits per heavy atom. The fourth-order valence-electron chi connectivity index (χ4n) is 1.99. The van der Waals surface area contributed by atoms with Gasteiger partial charge < -0.3 is 10.1 Å². The fourth-order valence-corrected chi connectivity index (χ4v) is 2.67. The summed E-state index contributed by atoms with van der Waals surface area (Å²) in [5, 5.41) is 2.89. The molecule has 1 amide bonds. The van der Waals surface area contributed by atoms with Crippen molar-refractivity contribution in [3.05, 3.63) is 27.7 Å². The molecule has 0 atom stereocenters. The molecule has 1 aliphatic rings. The minimum Gasteiger partial charge on any atom is -0.493 e. The van der Waals surface area contributed by atoms with Gasteiger partial charge in [-0.05, 0) is 24.1 Å². The van der Waals surface area contributed by atoms with E-state index in [4.69, 9.17) is 16.3 Å². The number of rotatable bonds is 5. The van der Waals surface area contributed by atoms with Crippen LogP contribution in [0.5, 0.6) is 5.75 Å². The van der Waals surface area contributed by atoms with Crippen LogP contribution in [0.3, 0.4) is 0 Å². The standard InChI is InChI=1S/C13H15BrClNO2/c14-11-6-9-3-5-18-13(9)10(7-11)8-16-12(17)2-1-4-15/h6-7H,1-5,8H2,(H,16,17). The van der Waals surface area contributed by atoms with Crippen molar-refractivity contribution >= 4 is 33.4 Å². The molecule has 0 spiro atoms. The molecule has 1 N–H and O–H groups in total. The van der Waals surface area contributed by atoms with E-state index in [1.165, 1.54) is 5.56 Å². The van der Waals surface area contributed by atoms with Crippen LogP contribution in [0.25, 0.3) is 0 Å².